The molecule has 6 aromatic carbocycles. The number of aromatic nitrogens is 6. The van der Waals surface area contributed by atoms with E-state index in [4.69, 9.17) is 26.7 Å². The number of carbonyl (C=O) groups is 5. The third kappa shape index (κ3) is 18.2. The molecule has 3 fully saturated rings. The minimum absolute atomic E-state index is 0.0236. The van der Waals surface area contributed by atoms with E-state index < -0.39 is 6.10 Å². The van der Waals surface area contributed by atoms with Gasteiger partial charge in [-0.2, -0.15) is 0 Å². The van der Waals surface area contributed by atoms with Gasteiger partial charge in [-0.15, -0.1) is 0 Å². The number of nitrogen functional groups attached to an aromatic ring is 3. The number of anilines is 8. The number of carbonyl (C=O) groups excluding carboxylic acids is 5. The molecule has 24 heteroatoms. The summed E-state index contributed by atoms with van der Waals surface area (Å²) < 4.78 is 11.6. The number of hydrogen-bond donors (Lipinski definition) is 7. The van der Waals surface area contributed by atoms with Crippen molar-refractivity contribution < 1.29 is 38.6 Å². The van der Waals surface area contributed by atoms with Crippen LogP contribution in [-0.4, -0.2) is 143 Å². The highest BCUT2D eigenvalue weighted by atomic mass is 16.5. The van der Waals surface area contributed by atoms with Gasteiger partial charge in [0.1, 0.15) is 94.1 Å². The fourth-order valence-corrected chi connectivity index (χ4v) is 11.8. The highest BCUT2D eigenvalue weighted by molar-refractivity contribution is 6.15. The molecule has 4 atom stereocenters. The average Bonchev–Trinajstić information content (AvgIpc) is 0.817. The molecule has 0 bridgehead atoms. The van der Waals surface area contributed by atoms with Crippen LogP contribution in [0.25, 0.3) is 0 Å². The van der Waals surface area contributed by atoms with Gasteiger partial charge in [0.15, 0.2) is 11.6 Å². The van der Waals surface area contributed by atoms with Crippen LogP contribution in [-0.2, 0) is 14.4 Å². The molecule has 4 unspecified atom stereocenters. The summed E-state index contributed by atoms with van der Waals surface area (Å²) in [5, 5.41) is 21.1. The van der Waals surface area contributed by atoms with Gasteiger partial charge in [0, 0.05) is 86.9 Å². The van der Waals surface area contributed by atoms with Crippen molar-refractivity contribution in [1.29, 1.82) is 0 Å². The van der Waals surface area contributed by atoms with E-state index in [1.807, 2.05) is 115 Å². The van der Waals surface area contributed by atoms with E-state index in [0.717, 1.165) is 55.6 Å². The number of hydrogen-bond acceptors (Lipinski definition) is 21. The minimum Gasteiger partial charge on any atom is -0.457 e. The molecular formula is C76H80N16O8. The lowest BCUT2D eigenvalue weighted by atomic mass is 10.0. The zero-order valence-electron chi connectivity index (χ0n) is 55.5. The van der Waals surface area contributed by atoms with Crippen molar-refractivity contribution >= 4 is 75.6 Å². The average molecular weight is 1350 g/mol. The van der Waals surface area contributed by atoms with Crippen molar-refractivity contribution in [1.82, 2.24) is 44.6 Å². The van der Waals surface area contributed by atoms with Gasteiger partial charge >= 0.3 is 0 Å². The second kappa shape index (κ2) is 34.1. The number of ketones is 2. The van der Waals surface area contributed by atoms with Gasteiger partial charge in [-0.3, -0.25) is 24.0 Å². The van der Waals surface area contributed by atoms with Crippen molar-refractivity contribution in [2.24, 2.45) is 0 Å². The molecule has 10 N–H and O–H groups in total. The molecule has 0 saturated carbocycles. The first kappa shape index (κ1) is 70.5. The Hall–Kier alpha value is -12.3. The number of benzene rings is 6. The molecule has 0 aliphatic carbocycles. The van der Waals surface area contributed by atoms with Crippen LogP contribution in [0.3, 0.4) is 0 Å². The zero-order valence-corrected chi connectivity index (χ0v) is 55.5. The molecule has 3 aromatic heterocycles. The molecule has 24 nitrogen and oxygen atoms in total. The molecule has 9 aromatic rings. The summed E-state index contributed by atoms with van der Waals surface area (Å²) in [6.45, 7) is 14.3. The summed E-state index contributed by atoms with van der Waals surface area (Å²) in [4.78, 5) is 95.0. The third-order valence-electron chi connectivity index (χ3n) is 17.1. The first-order chi connectivity index (χ1) is 48.6. The van der Waals surface area contributed by atoms with Crippen LogP contribution in [0.5, 0.6) is 23.0 Å². The van der Waals surface area contributed by atoms with Gasteiger partial charge in [-0.1, -0.05) is 86.5 Å². The number of piperidine rings is 3. The predicted octanol–water partition coefficient (Wildman–Crippen LogP) is 10.8. The van der Waals surface area contributed by atoms with Crippen LogP contribution in [0, 0.1) is 0 Å². The maximum atomic E-state index is 13.4. The van der Waals surface area contributed by atoms with Crippen molar-refractivity contribution in [3.63, 3.8) is 0 Å². The molecule has 3 saturated heterocycles. The highest BCUT2D eigenvalue weighted by Gasteiger charge is 2.30. The number of likely N-dealkylation sites (tertiary alicyclic amines) is 3. The maximum Gasteiger partial charge on any atom is 0.246 e. The van der Waals surface area contributed by atoms with Crippen molar-refractivity contribution in [3.05, 3.63) is 254 Å². The third-order valence-corrected chi connectivity index (χ3v) is 17.1. The van der Waals surface area contributed by atoms with Gasteiger partial charge in [-0.05, 0) is 159 Å². The lowest BCUT2D eigenvalue weighted by Gasteiger charge is -2.33. The normalized spacial score (nSPS) is 15.9. The smallest absolute Gasteiger partial charge is 0.246 e. The highest BCUT2D eigenvalue weighted by Crippen LogP contribution is 2.35. The fraction of sp³-hybridized carbons (Fsp3) is 0.224. The van der Waals surface area contributed by atoms with Gasteiger partial charge in [0.2, 0.25) is 17.7 Å². The first-order valence-electron chi connectivity index (χ1n) is 32.7. The van der Waals surface area contributed by atoms with Crippen LogP contribution >= 0.6 is 0 Å². The van der Waals surface area contributed by atoms with Crippen molar-refractivity contribution in [2.75, 3.05) is 84.4 Å². The van der Waals surface area contributed by atoms with Gasteiger partial charge in [0.25, 0.3) is 0 Å². The molecule has 100 heavy (non-hydrogen) atoms. The van der Waals surface area contributed by atoms with Gasteiger partial charge in [0.05, 0.1) is 5.56 Å². The fourth-order valence-electron chi connectivity index (χ4n) is 11.8. The summed E-state index contributed by atoms with van der Waals surface area (Å²) in [6.07, 6.45) is 12.0. The summed E-state index contributed by atoms with van der Waals surface area (Å²) in [6, 6.07) is 50.0. The summed E-state index contributed by atoms with van der Waals surface area (Å²) >= 11 is 0. The van der Waals surface area contributed by atoms with Crippen LogP contribution in [0.2, 0.25) is 0 Å². The summed E-state index contributed by atoms with van der Waals surface area (Å²) in [5.74, 6) is 3.43. The number of amides is 3. The molecule has 6 heterocycles. The summed E-state index contributed by atoms with van der Waals surface area (Å²) in [7, 11) is 1.97. The van der Waals surface area contributed by atoms with E-state index in [1.54, 1.807) is 75.4 Å². The predicted molar refractivity (Wildman–Crippen MR) is 387 cm³/mol. The lowest BCUT2D eigenvalue weighted by Crippen LogP contribution is -2.44. The molecule has 3 amide bonds. The number of aliphatic hydroxyl groups excluding tert-OH is 1. The lowest BCUT2D eigenvalue weighted by molar-refractivity contribution is -0.127. The molecule has 3 aliphatic heterocycles. The number of nitrogens with two attached hydrogens (primary N) is 3. The Morgan fingerprint density at radius 1 is 0.470 bits per heavy atom. The second-order valence-corrected chi connectivity index (χ2v) is 23.8. The van der Waals surface area contributed by atoms with E-state index in [0.29, 0.717) is 96.2 Å². The topological polar surface area (TPSA) is 328 Å². The summed E-state index contributed by atoms with van der Waals surface area (Å²) in [5.41, 5.74) is 22.7. The Kier molecular flexibility index (Phi) is 24.0. The number of para-hydroxylation sites is 3. The van der Waals surface area contributed by atoms with Crippen LogP contribution in [0.15, 0.2) is 221 Å². The Morgan fingerprint density at radius 2 is 0.810 bits per heavy atom. The Morgan fingerprint density at radius 3 is 1.22 bits per heavy atom. The standard InChI is InChI=1S/C26H28N6O2.C25H27N5O3.C25H25N5O3/c1-3-22(33)32-15-7-8-19(16-32)30-26-23(25(27)28-17-29-26)24(34)18-11-13-21(14-12-18)31(2)20-9-5-4-6-10-20;2*1-2-21(31)30-14-6-7-18(15-30)29-25-22(24(26)27-16-28-25)23(32)17-10-12-20(13-11-17)33-19-8-4-3-5-9-19/h3-6,9-14,17,19H,1,7-8,15-16H2,2H3,(H3,27,28,29,30);2-5,8-13,16,18,23,32H,1,6-7,14-15H2,(H3,26,27,28,29);2-5,8-13,16,18H,1,6-7,14-15H2,(H3,26,27,28,29). The number of ether oxygens (including phenoxy) is 2. The van der Waals surface area contributed by atoms with E-state index in [-0.39, 0.29) is 76.0 Å². The number of nitrogens with zero attached hydrogens (tertiary/aromatic N) is 10. The number of aliphatic hydroxyl groups is 1. The number of rotatable bonds is 21. The van der Waals surface area contributed by atoms with Crippen LogP contribution in [0.4, 0.5) is 46.3 Å². The van der Waals surface area contributed by atoms with Gasteiger partial charge < -0.3 is 67.3 Å². The monoisotopic (exact) mass is 1340 g/mol. The SMILES string of the molecule is C=CC(=O)N1CCCC(Nc2ncnc(N)c2C(=O)c2ccc(N(C)c3ccccc3)cc2)C1.C=CC(=O)N1CCCC(Nc2ncnc(N)c2C(=O)c2ccc(Oc3ccccc3)cc2)C1.C=CC(=O)N1CCCC(Nc2ncnc(N)c2C(O)c2ccc(Oc3ccccc3)cc2)C1. The first-order valence-corrected chi connectivity index (χ1v) is 32.7. The Bertz CT molecular complexity index is 4310. The molecule has 0 radical (unpaired) electrons. The van der Waals surface area contributed by atoms with E-state index in [1.165, 1.54) is 37.2 Å². The molecule has 12 rings (SSSR count). The minimum atomic E-state index is -1.03. The molecule has 3 aliphatic rings. The maximum absolute atomic E-state index is 13.4. The molecule has 0 spiro atoms. The quantitative estimate of drug-likeness (QED) is 0.0260. The van der Waals surface area contributed by atoms with Crippen LogP contribution in [0.1, 0.15) is 87.6 Å². The molecule has 512 valence electrons. The van der Waals surface area contributed by atoms with E-state index >= 15 is 0 Å². The van der Waals surface area contributed by atoms with Crippen molar-refractivity contribution in [3.8, 4) is 23.0 Å². The molecular weight excluding hydrogens is 1260 g/mol. The largest absolute Gasteiger partial charge is 0.457 e. The van der Waals surface area contributed by atoms with E-state index in [2.05, 4.69) is 65.6 Å². The number of nitrogens with one attached hydrogen (secondary N) is 3. The van der Waals surface area contributed by atoms with Crippen LogP contribution < -0.4 is 47.5 Å². The second-order valence-electron chi connectivity index (χ2n) is 23.8. The van der Waals surface area contributed by atoms with Crippen molar-refractivity contribution in [2.45, 2.75) is 62.8 Å². The Balaban J connectivity index is 0.000000162. The van der Waals surface area contributed by atoms with E-state index in [9.17, 15) is 29.1 Å². The zero-order chi connectivity index (χ0) is 70.5. The Labute approximate surface area is 580 Å². The van der Waals surface area contributed by atoms with Gasteiger partial charge in [-0.25, -0.2) is 29.9 Å².